The number of ketones is 1. The molecule has 0 radical (unpaired) electrons. The molecule has 0 saturated heterocycles. The van der Waals surface area contributed by atoms with Gasteiger partial charge in [-0.05, 0) is 37.3 Å². The number of fused-ring (bicyclic) bond motifs is 1. The van der Waals surface area contributed by atoms with Crippen molar-refractivity contribution in [3.63, 3.8) is 0 Å². The first-order chi connectivity index (χ1) is 10.1. The highest BCUT2D eigenvalue weighted by Crippen LogP contribution is 2.31. The Hall–Kier alpha value is -2.49. The van der Waals surface area contributed by atoms with Crippen molar-refractivity contribution in [1.29, 1.82) is 0 Å². The van der Waals surface area contributed by atoms with Crippen molar-refractivity contribution >= 4 is 11.5 Å². The zero-order valence-electron chi connectivity index (χ0n) is 11.9. The number of hydrogen-bond acceptors (Lipinski definition) is 4. The maximum atomic E-state index is 12.6. The van der Waals surface area contributed by atoms with Crippen molar-refractivity contribution in [1.82, 2.24) is 0 Å². The third-order valence-electron chi connectivity index (χ3n) is 3.46. The van der Waals surface area contributed by atoms with E-state index in [1.54, 1.807) is 30.3 Å². The highest BCUT2D eigenvalue weighted by atomic mass is 16.5. The number of aryl methyl sites for hydroxylation is 1. The van der Waals surface area contributed by atoms with Crippen LogP contribution in [0.25, 0.3) is 0 Å². The minimum atomic E-state index is -0.105. The number of hydrogen-bond donors (Lipinski definition) is 1. The van der Waals surface area contributed by atoms with Crippen LogP contribution in [-0.4, -0.2) is 19.0 Å². The summed E-state index contributed by atoms with van der Waals surface area (Å²) in [6.45, 7) is 3.16. The van der Waals surface area contributed by atoms with Gasteiger partial charge in [0.05, 0.1) is 13.2 Å². The molecule has 1 aliphatic heterocycles. The minimum absolute atomic E-state index is 0.105. The Labute approximate surface area is 123 Å². The number of carbonyl (C=O) groups is 1. The average molecular weight is 283 g/mol. The van der Waals surface area contributed by atoms with Gasteiger partial charge < -0.3 is 15.2 Å². The van der Waals surface area contributed by atoms with Gasteiger partial charge in [0.25, 0.3) is 0 Å². The van der Waals surface area contributed by atoms with Crippen molar-refractivity contribution in [3.05, 3.63) is 53.1 Å². The number of nitrogen functional groups attached to an aromatic ring is 1. The molecule has 0 aromatic heterocycles. The highest BCUT2D eigenvalue weighted by molar-refractivity contribution is 6.12. The summed E-state index contributed by atoms with van der Waals surface area (Å²) in [5.74, 6) is 1.19. The molecule has 0 spiro atoms. The van der Waals surface area contributed by atoms with Gasteiger partial charge in [-0.1, -0.05) is 11.6 Å². The first-order valence-electron chi connectivity index (χ1n) is 6.95. The molecule has 0 bridgehead atoms. The maximum absolute atomic E-state index is 12.6. The second kappa shape index (κ2) is 5.48. The van der Waals surface area contributed by atoms with Crippen LogP contribution in [0.1, 0.15) is 27.9 Å². The first-order valence-corrected chi connectivity index (χ1v) is 6.95. The van der Waals surface area contributed by atoms with Crippen molar-refractivity contribution in [3.8, 4) is 11.5 Å². The van der Waals surface area contributed by atoms with Gasteiger partial charge in [0, 0.05) is 23.2 Å². The van der Waals surface area contributed by atoms with E-state index in [1.807, 2.05) is 13.0 Å². The van der Waals surface area contributed by atoms with Gasteiger partial charge in [-0.15, -0.1) is 0 Å². The van der Waals surface area contributed by atoms with E-state index in [9.17, 15) is 4.79 Å². The van der Waals surface area contributed by atoms with E-state index in [0.29, 0.717) is 41.5 Å². The molecular weight excluding hydrogens is 266 g/mol. The van der Waals surface area contributed by atoms with Crippen molar-refractivity contribution in [2.45, 2.75) is 13.3 Å². The Balaban J connectivity index is 1.98. The molecule has 0 unspecified atom stereocenters. The molecule has 4 heteroatoms. The zero-order chi connectivity index (χ0) is 14.8. The Morgan fingerprint density at radius 1 is 1.05 bits per heavy atom. The molecule has 2 N–H and O–H groups in total. The summed E-state index contributed by atoms with van der Waals surface area (Å²) >= 11 is 0. The Morgan fingerprint density at radius 3 is 2.62 bits per heavy atom. The van der Waals surface area contributed by atoms with E-state index >= 15 is 0 Å². The van der Waals surface area contributed by atoms with Gasteiger partial charge in [0.1, 0.15) is 0 Å². The van der Waals surface area contributed by atoms with Gasteiger partial charge in [-0.25, -0.2) is 0 Å². The molecule has 21 heavy (non-hydrogen) atoms. The van der Waals surface area contributed by atoms with Crippen LogP contribution in [0.3, 0.4) is 0 Å². The lowest BCUT2D eigenvalue weighted by Crippen LogP contribution is -2.06. The van der Waals surface area contributed by atoms with E-state index < -0.39 is 0 Å². The quantitative estimate of drug-likeness (QED) is 0.680. The molecule has 1 heterocycles. The highest BCUT2D eigenvalue weighted by Gasteiger charge is 2.17. The van der Waals surface area contributed by atoms with Crippen LogP contribution >= 0.6 is 0 Å². The summed E-state index contributed by atoms with van der Waals surface area (Å²) in [4.78, 5) is 12.6. The van der Waals surface area contributed by atoms with E-state index in [1.165, 1.54) is 0 Å². The van der Waals surface area contributed by atoms with E-state index in [2.05, 4.69) is 0 Å². The fraction of sp³-hybridized carbons (Fsp3) is 0.235. The molecule has 2 aromatic rings. The Kier molecular flexibility index (Phi) is 3.52. The molecule has 3 rings (SSSR count). The van der Waals surface area contributed by atoms with Gasteiger partial charge >= 0.3 is 0 Å². The van der Waals surface area contributed by atoms with Gasteiger partial charge in [-0.3, -0.25) is 4.79 Å². The Morgan fingerprint density at radius 2 is 1.81 bits per heavy atom. The molecule has 4 nitrogen and oxygen atoms in total. The first kappa shape index (κ1) is 13.5. The van der Waals surface area contributed by atoms with Crippen LogP contribution in [0.5, 0.6) is 11.5 Å². The maximum Gasteiger partial charge on any atom is 0.195 e. The molecule has 0 atom stereocenters. The lowest BCUT2D eigenvalue weighted by atomic mass is 9.99. The van der Waals surface area contributed by atoms with Crippen LogP contribution in [0.4, 0.5) is 5.69 Å². The summed E-state index contributed by atoms with van der Waals surface area (Å²) in [6, 6.07) is 10.7. The summed E-state index contributed by atoms with van der Waals surface area (Å²) in [6.07, 6.45) is 0.836. The topological polar surface area (TPSA) is 61.6 Å². The predicted octanol–water partition coefficient (Wildman–Crippen LogP) is 2.97. The molecule has 108 valence electrons. The second-order valence-corrected chi connectivity index (χ2v) is 5.13. The van der Waals surface area contributed by atoms with Crippen molar-refractivity contribution < 1.29 is 14.3 Å². The van der Waals surface area contributed by atoms with E-state index in [4.69, 9.17) is 15.2 Å². The fourth-order valence-corrected chi connectivity index (χ4v) is 2.33. The lowest BCUT2D eigenvalue weighted by molar-refractivity contribution is 0.103. The zero-order valence-corrected chi connectivity index (χ0v) is 11.9. The van der Waals surface area contributed by atoms with Crippen LogP contribution in [0.2, 0.25) is 0 Å². The van der Waals surface area contributed by atoms with Gasteiger partial charge in [0.2, 0.25) is 0 Å². The molecule has 1 aliphatic rings. The number of nitrogens with two attached hydrogens (primary N) is 1. The van der Waals surface area contributed by atoms with Crippen LogP contribution in [-0.2, 0) is 0 Å². The number of anilines is 1. The normalized spacial score (nSPS) is 13.6. The summed E-state index contributed by atoms with van der Waals surface area (Å²) in [5.41, 5.74) is 8.47. The molecule has 0 saturated carbocycles. The minimum Gasteiger partial charge on any atom is -0.490 e. The lowest BCUT2D eigenvalue weighted by Gasteiger charge is -2.10. The van der Waals surface area contributed by atoms with Gasteiger partial charge in [-0.2, -0.15) is 0 Å². The molecular formula is C17H17NO3. The largest absolute Gasteiger partial charge is 0.490 e. The predicted molar refractivity (Wildman–Crippen MR) is 81.1 cm³/mol. The number of rotatable bonds is 2. The number of ether oxygens (including phenoxy) is 2. The third-order valence-corrected chi connectivity index (χ3v) is 3.46. The second-order valence-electron chi connectivity index (χ2n) is 5.13. The number of benzene rings is 2. The van der Waals surface area contributed by atoms with Crippen molar-refractivity contribution in [2.75, 3.05) is 18.9 Å². The van der Waals surface area contributed by atoms with Crippen LogP contribution < -0.4 is 15.2 Å². The standard InChI is InChI=1S/C17H17NO3/c1-11-3-5-14(18)13(9-11)17(19)12-4-6-15-16(10-12)21-8-2-7-20-15/h3-6,9-10H,2,7-8,18H2,1H3. The summed E-state index contributed by atoms with van der Waals surface area (Å²) in [7, 11) is 0. The number of carbonyl (C=O) groups excluding carboxylic acids is 1. The van der Waals surface area contributed by atoms with Crippen LogP contribution in [0.15, 0.2) is 36.4 Å². The molecule has 0 amide bonds. The molecule has 2 aromatic carbocycles. The smallest absolute Gasteiger partial charge is 0.195 e. The summed E-state index contributed by atoms with van der Waals surface area (Å²) < 4.78 is 11.2. The van der Waals surface area contributed by atoms with E-state index in [0.717, 1.165) is 12.0 Å². The molecule has 0 aliphatic carbocycles. The molecule has 0 fully saturated rings. The third kappa shape index (κ3) is 2.70. The van der Waals surface area contributed by atoms with Crippen molar-refractivity contribution in [2.24, 2.45) is 0 Å². The Bertz CT molecular complexity index is 694. The van der Waals surface area contributed by atoms with Crippen LogP contribution in [0, 0.1) is 6.92 Å². The average Bonchev–Trinajstić information content (AvgIpc) is 2.73. The van der Waals surface area contributed by atoms with Gasteiger partial charge in [0.15, 0.2) is 17.3 Å². The fourth-order valence-electron chi connectivity index (χ4n) is 2.33. The monoisotopic (exact) mass is 283 g/mol. The van der Waals surface area contributed by atoms with E-state index in [-0.39, 0.29) is 5.78 Å². The summed E-state index contributed by atoms with van der Waals surface area (Å²) in [5, 5.41) is 0. The SMILES string of the molecule is Cc1ccc(N)c(C(=O)c2ccc3c(c2)OCCCO3)c1.